The minimum atomic E-state index is -0.240. The summed E-state index contributed by atoms with van der Waals surface area (Å²) < 4.78 is 16.6. The standard InChI is InChI=1S/C11H9BrFIN2/c1-7-5-16(15-11(7)14)6-8-3-2-4-9(13)10(8)12/h2-5H,6H2,1H3. The van der Waals surface area contributed by atoms with Crippen LogP contribution in [0.5, 0.6) is 0 Å². The van der Waals surface area contributed by atoms with E-state index in [2.05, 4.69) is 43.6 Å². The molecule has 0 saturated heterocycles. The van der Waals surface area contributed by atoms with E-state index in [0.717, 1.165) is 14.8 Å². The third kappa shape index (κ3) is 2.45. The maximum Gasteiger partial charge on any atom is 0.137 e. The number of benzene rings is 1. The van der Waals surface area contributed by atoms with E-state index in [9.17, 15) is 4.39 Å². The fourth-order valence-electron chi connectivity index (χ4n) is 1.42. The highest BCUT2D eigenvalue weighted by Gasteiger charge is 2.07. The molecule has 2 nitrogen and oxygen atoms in total. The lowest BCUT2D eigenvalue weighted by Crippen LogP contribution is -2.02. The van der Waals surface area contributed by atoms with Crippen molar-refractivity contribution in [2.75, 3.05) is 0 Å². The van der Waals surface area contributed by atoms with Crippen LogP contribution in [0, 0.1) is 16.4 Å². The molecule has 0 fully saturated rings. The number of hydrogen-bond acceptors (Lipinski definition) is 1. The Morgan fingerprint density at radius 2 is 2.25 bits per heavy atom. The average molecular weight is 395 g/mol. The Morgan fingerprint density at radius 1 is 1.50 bits per heavy atom. The number of aromatic nitrogens is 2. The van der Waals surface area contributed by atoms with Gasteiger partial charge in [-0.25, -0.2) is 4.39 Å². The summed E-state index contributed by atoms with van der Waals surface area (Å²) in [7, 11) is 0. The van der Waals surface area contributed by atoms with Crippen molar-refractivity contribution in [2.24, 2.45) is 0 Å². The van der Waals surface area contributed by atoms with Gasteiger partial charge < -0.3 is 0 Å². The number of aryl methyl sites for hydroxylation is 1. The van der Waals surface area contributed by atoms with Crippen LogP contribution >= 0.6 is 38.5 Å². The minimum Gasteiger partial charge on any atom is -0.267 e. The van der Waals surface area contributed by atoms with E-state index in [4.69, 9.17) is 0 Å². The molecule has 0 spiro atoms. The zero-order valence-corrected chi connectivity index (χ0v) is 12.3. The molecule has 1 aromatic heterocycles. The van der Waals surface area contributed by atoms with Crippen molar-refractivity contribution < 1.29 is 4.39 Å². The number of nitrogens with zero attached hydrogens (tertiary/aromatic N) is 2. The molecule has 0 atom stereocenters. The second kappa shape index (κ2) is 4.83. The van der Waals surface area contributed by atoms with E-state index in [0.29, 0.717) is 11.0 Å². The summed E-state index contributed by atoms with van der Waals surface area (Å²) in [5.74, 6) is -0.240. The SMILES string of the molecule is Cc1cn(Cc2cccc(F)c2Br)nc1I. The van der Waals surface area contributed by atoms with Crippen LogP contribution in [0.1, 0.15) is 11.1 Å². The Morgan fingerprint density at radius 3 is 2.88 bits per heavy atom. The van der Waals surface area contributed by atoms with Crippen LogP contribution in [0.4, 0.5) is 4.39 Å². The topological polar surface area (TPSA) is 17.8 Å². The Kier molecular flexibility index (Phi) is 3.63. The molecule has 0 aliphatic carbocycles. The number of halogens is 3. The van der Waals surface area contributed by atoms with Crippen LogP contribution in [0.3, 0.4) is 0 Å². The third-order valence-electron chi connectivity index (χ3n) is 2.25. The van der Waals surface area contributed by atoms with Gasteiger partial charge in [-0.2, -0.15) is 5.10 Å². The second-order valence-electron chi connectivity index (χ2n) is 3.51. The van der Waals surface area contributed by atoms with Crippen molar-refractivity contribution in [1.82, 2.24) is 9.78 Å². The molecule has 84 valence electrons. The van der Waals surface area contributed by atoms with Crippen LogP contribution in [-0.4, -0.2) is 9.78 Å². The van der Waals surface area contributed by atoms with Crippen LogP contribution in [0.25, 0.3) is 0 Å². The lowest BCUT2D eigenvalue weighted by molar-refractivity contribution is 0.610. The van der Waals surface area contributed by atoms with Gasteiger partial charge in [0.2, 0.25) is 0 Å². The summed E-state index contributed by atoms with van der Waals surface area (Å²) in [5, 5.41) is 4.34. The molecule has 2 aromatic rings. The van der Waals surface area contributed by atoms with Gasteiger partial charge in [0.15, 0.2) is 0 Å². The zero-order valence-electron chi connectivity index (χ0n) is 8.54. The quantitative estimate of drug-likeness (QED) is 0.709. The van der Waals surface area contributed by atoms with E-state index < -0.39 is 0 Å². The summed E-state index contributed by atoms with van der Waals surface area (Å²) in [6, 6.07) is 5.03. The largest absolute Gasteiger partial charge is 0.267 e. The van der Waals surface area contributed by atoms with Crippen molar-refractivity contribution in [1.29, 1.82) is 0 Å². The molecule has 0 amide bonds. The Bertz CT molecular complexity index is 505. The first-order valence-corrected chi connectivity index (χ1v) is 6.57. The van der Waals surface area contributed by atoms with Gasteiger partial charge in [-0.05, 0) is 57.1 Å². The minimum absolute atomic E-state index is 0.240. The van der Waals surface area contributed by atoms with Crippen LogP contribution in [-0.2, 0) is 6.54 Å². The zero-order chi connectivity index (χ0) is 11.7. The van der Waals surface area contributed by atoms with Gasteiger partial charge in [0.1, 0.15) is 9.52 Å². The molecule has 5 heteroatoms. The average Bonchev–Trinajstić information content (AvgIpc) is 2.54. The lowest BCUT2D eigenvalue weighted by atomic mass is 10.2. The third-order valence-corrected chi connectivity index (χ3v) is 4.20. The number of hydrogen-bond donors (Lipinski definition) is 0. The van der Waals surface area contributed by atoms with Crippen molar-refractivity contribution in [3.05, 3.63) is 49.5 Å². The van der Waals surface area contributed by atoms with Crippen molar-refractivity contribution >= 4 is 38.5 Å². The van der Waals surface area contributed by atoms with Gasteiger partial charge in [-0.1, -0.05) is 12.1 Å². The van der Waals surface area contributed by atoms with E-state index in [1.54, 1.807) is 6.07 Å². The normalized spacial score (nSPS) is 10.8. The Hall–Kier alpha value is -0.430. The molecular weight excluding hydrogens is 386 g/mol. The van der Waals surface area contributed by atoms with E-state index >= 15 is 0 Å². The second-order valence-corrected chi connectivity index (χ2v) is 5.33. The van der Waals surface area contributed by atoms with Crippen LogP contribution in [0.2, 0.25) is 0 Å². The van der Waals surface area contributed by atoms with Gasteiger partial charge >= 0.3 is 0 Å². The summed E-state index contributed by atoms with van der Waals surface area (Å²) in [6.45, 7) is 2.58. The molecule has 1 heterocycles. The molecule has 16 heavy (non-hydrogen) atoms. The molecule has 0 aliphatic heterocycles. The molecule has 0 N–H and O–H groups in total. The smallest absolute Gasteiger partial charge is 0.137 e. The number of rotatable bonds is 2. The highest BCUT2D eigenvalue weighted by molar-refractivity contribution is 14.1. The molecule has 0 aliphatic rings. The maximum absolute atomic E-state index is 13.3. The fourth-order valence-corrected chi connectivity index (χ4v) is 2.23. The van der Waals surface area contributed by atoms with Gasteiger partial charge in [0.05, 0.1) is 11.0 Å². The lowest BCUT2D eigenvalue weighted by Gasteiger charge is -2.05. The summed E-state index contributed by atoms with van der Waals surface area (Å²) >= 11 is 5.43. The molecule has 2 rings (SSSR count). The molecule has 0 bridgehead atoms. The van der Waals surface area contributed by atoms with E-state index in [1.807, 2.05) is 23.9 Å². The van der Waals surface area contributed by atoms with Crippen molar-refractivity contribution in [3.63, 3.8) is 0 Å². The highest BCUT2D eigenvalue weighted by atomic mass is 127. The summed E-state index contributed by atoms with van der Waals surface area (Å²) in [5.41, 5.74) is 2.02. The first kappa shape index (κ1) is 12.0. The highest BCUT2D eigenvalue weighted by Crippen LogP contribution is 2.21. The molecule has 0 saturated carbocycles. The van der Waals surface area contributed by atoms with Crippen LogP contribution in [0.15, 0.2) is 28.9 Å². The summed E-state index contributed by atoms with van der Waals surface area (Å²) in [6.07, 6.45) is 1.96. The van der Waals surface area contributed by atoms with E-state index in [1.165, 1.54) is 6.07 Å². The van der Waals surface area contributed by atoms with Gasteiger partial charge in [0, 0.05) is 11.8 Å². The molecule has 0 unspecified atom stereocenters. The van der Waals surface area contributed by atoms with E-state index in [-0.39, 0.29) is 5.82 Å². The van der Waals surface area contributed by atoms with Gasteiger partial charge in [-0.3, -0.25) is 4.68 Å². The first-order chi connectivity index (χ1) is 7.58. The fraction of sp³-hybridized carbons (Fsp3) is 0.182. The molecular formula is C11H9BrFIN2. The Labute approximate surface area is 115 Å². The van der Waals surface area contributed by atoms with Gasteiger partial charge in [0.25, 0.3) is 0 Å². The molecule has 1 aromatic carbocycles. The Balaban J connectivity index is 2.30. The predicted octanol–water partition coefficient (Wildman–Crippen LogP) is 3.75. The maximum atomic E-state index is 13.3. The van der Waals surface area contributed by atoms with Crippen molar-refractivity contribution in [2.45, 2.75) is 13.5 Å². The van der Waals surface area contributed by atoms with Crippen molar-refractivity contribution in [3.8, 4) is 0 Å². The first-order valence-electron chi connectivity index (χ1n) is 4.70. The monoisotopic (exact) mass is 394 g/mol. The van der Waals surface area contributed by atoms with Gasteiger partial charge in [-0.15, -0.1) is 0 Å². The predicted molar refractivity (Wildman–Crippen MR) is 72.9 cm³/mol. The summed E-state index contributed by atoms with van der Waals surface area (Å²) in [4.78, 5) is 0. The van der Waals surface area contributed by atoms with Crippen LogP contribution < -0.4 is 0 Å². The molecule has 0 radical (unpaired) electrons.